The van der Waals surface area contributed by atoms with Crippen LogP contribution >= 0.6 is 0 Å². The van der Waals surface area contributed by atoms with Gasteiger partial charge >= 0.3 is 0 Å². The molecule has 1 aromatic heterocycles. The molecule has 2 heterocycles. The first-order chi connectivity index (χ1) is 15.7. The first-order valence-electron chi connectivity index (χ1n) is 11.4. The SMILES string of the molecule is Cc1cc(-c2noc(CN(C)C)n2)cc(C)c1N1C[C@@H](Cc2ccccc2F)C[C@@H](C)C1=O. The predicted octanol–water partition coefficient (Wildman–Crippen LogP) is 4.79. The number of halogens is 1. The highest BCUT2D eigenvalue weighted by Gasteiger charge is 2.34. The van der Waals surface area contributed by atoms with E-state index in [-0.39, 0.29) is 23.6 Å². The summed E-state index contributed by atoms with van der Waals surface area (Å²) in [6, 6.07) is 10.9. The van der Waals surface area contributed by atoms with Gasteiger partial charge in [-0.2, -0.15) is 4.98 Å². The van der Waals surface area contributed by atoms with Gasteiger partial charge in [0.15, 0.2) is 0 Å². The van der Waals surface area contributed by atoms with Crippen LogP contribution in [0.2, 0.25) is 0 Å². The van der Waals surface area contributed by atoms with Crippen LogP contribution in [0.5, 0.6) is 0 Å². The smallest absolute Gasteiger partial charge is 0.241 e. The zero-order chi connectivity index (χ0) is 23.7. The minimum Gasteiger partial charge on any atom is -0.338 e. The summed E-state index contributed by atoms with van der Waals surface area (Å²) in [5, 5.41) is 4.13. The van der Waals surface area contributed by atoms with Crippen LogP contribution in [0.15, 0.2) is 40.9 Å². The molecule has 2 atom stereocenters. The highest BCUT2D eigenvalue weighted by Crippen LogP contribution is 2.36. The molecule has 0 aliphatic carbocycles. The summed E-state index contributed by atoms with van der Waals surface area (Å²) in [6.07, 6.45) is 1.38. The predicted molar refractivity (Wildman–Crippen MR) is 126 cm³/mol. The second-order valence-electron chi connectivity index (χ2n) is 9.46. The zero-order valence-corrected chi connectivity index (χ0v) is 19.9. The lowest BCUT2D eigenvalue weighted by molar-refractivity contribution is -0.124. The van der Waals surface area contributed by atoms with E-state index in [2.05, 4.69) is 10.1 Å². The number of anilines is 1. The summed E-state index contributed by atoms with van der Waals surface area (Å²) in [5.74, 6) is 1.12. The number of hydrogen-bond donors (Lipinski definition) is 0. The van der Waals surface area contributed by atoms with Crippen molar-refractivity contribution in [2.24, 2.45) is 11.8 Å². The van der Waals surface area contributed by atoms with Crippen molar-refractivity contribution in [1.29, 1.82) is 0 Å². The van der Waals surface area contributed by atoms with Crippen LogP contribution in [0.4, 0.5) is 10.1 Å². The molecule has 4 rings (SSSR count). The summed E-state index contributed by atoms with van der Waals surface area (Å²) < 4.78 is 19.6. The van der Waals surface area contributed by atoms with Crippen LogP contribution in [0.1, 0.15) is 35.9 Å². The third-order valence-corrected chi connectivity index (χ3v) is 6.22. The zero-order valence-electron chi connectivity index (χ0n) is 19.9. The van der Waals surface area contributed by atoms with Gasteiger partial charge in [-0.3, -0.25) is 4.79 Å². The highest BCUT2D eigenvalue weighted by molar-refractivity contribution is 5.97. The third kappa shape index (κ3) is 4.98. The molecular weight excluding hydrogens is 419 g/mol. The van der Waals surface area contributed by atoms with Crippen molar-refractivity contribution in [3.63, 3.8) is 0 Å². The van der Waals surface area contributed by atoms with Gasteiger partial charge < -0.3 is 14.3 Å². The summed E-state index contributed by atoms with van der Waals surface area (Å²) >= 11 is 0. The van der Waals surface area contributed by atoms with E-state index >= 15 is 0 Å². The monoisotopic (exact) mass is 450 g/mol. The standard InChI is InChI=1S/C26H31FN4O2/c1-16-11-21(25-28-23(33-29-25)15-30(4)5)12-17(2)24(16)31-14-19(10-18(3)26(31)32)13-20-8-6-7-9-22(20)27/h6-9,11-12,18-19H,10,13-15H2,1-5H3/t18-,19-/m1/s1. The van der Waals surface area contributed by atoms with Crippen LogP contribution in [0.25, 0.3) is 11.4 Å². The van der Waals surface area contributed by atoms with Crippen LogP contribution in [-0.2, 0) is 17.8 Å². The number of rotatable bonds is 6. The van der Waals surface area contributed by atoms with Crippen LogP contribution in [0.3, 0.4) is 0 Å². The van der Waals surface area contributed by atoms with E-state index < -0.39 is 0 Å². The molecule has 0 N–H and O–H groups in total. The van der Waals surface area contributed by atoms with Crippen LogP contribution in [0, 0.1) is 31.5 Å². The van der Waals surface area contributed by atoms with Gasteiger partial charge in [0, 0.05) is 23.7 Å². The van der Waals surface area contributed by atoms with Gasteiger partial charge in [0.2, 0.25) is 17.6 Å². The van der Waals surface area contributed by atoms with E-state index in [9.17, 15) is 9.18 Å². The molecular formula is C26H31FN4O2. The maximum absolute atomic E-state index is 14.2. The Bertz CT molecular complexity index is 1130. The Labute approximate surface area is 194 Å². The second-order valence-corrected chi connectivity index (χ2v) is 9.46. The fraction of sp³-hybridized carbons (Fsp3) is 0.423. The van der Waals surface area contributed by atoms with E-state index in [1.54, 1.807) is 6.07 Å². The average molecular weight is 451 g/mol. The first-order valence-corrected chi connectivity index (χ1v) is 11.4. The van der Waals surface area contributed by atoms with Crippen LogP contribution in [-0.4, -0.2) is 41.6 Å². The van der Waals surface area contributed by atoms with Gasteiger partial charge in [0.1, 0.15) is 5.82 Å². The Morgan fingerprint density at radius 3 is 2.55 bits per heavy atom. The molecule has 1 aliphatic rings. The molecule has 0 saturated carbocycles. The van der Waals surface area contributed by atoms with Crippen LogP contribution < -0.4 is 4.90 Å². The van der Waals surface area contributed by atoms with Gasteiger partial charge in [0.25, 0.3) is 0 Å². The average Bonchev–Trinajstić information content (AvgIpc) is 3.20. The Hall–Kier alpha value is -3.06. The van der Waals surface area contributed by atoms with Crippen molar-refractivity contribution < 1.29 is 13.7 Å². The third-order valence-electron chi connectivity index (χ3n) is 6.22. The molecule has 1 aliphatic heterocycles. The molecule has 0 unspecified atom stereocenters. The maximum atomic E-state index is 14.2. The number of aryl methyl sites for hydroxylation is 2. The lowest BCUT2D eigenvalue weighted by Crippen LogP contribution is -2.46. The minimum absolute atomic E-state index is 0.111. The van der Waals surface area contributed by atoms with Crippen molar-refractivity contribution in [3.8, 4) is 11.4 Å². The molecule has 2 aromatic carbocycles. The summed E-state index contributed by atoms with van der Waals surface area (Å²) in [6.45, 7) is 7.13. The van der Waals surface area contributed by atoms with Gasteiger partial charge in [0.05, 0.1) is 6.54 Å². The lowest BCUT2D eigenvalue weighted by atomic mass is 9.84. The molecule has 0 spiro atoms. The van der Waals surface area contributed by atoms with Crippen molar-refractivity contribution in [3.05, 3.63) is 64.8 Å². The molecule has 1 amide bonds. The number of benzene rings is 2. The molecule has 1 fully saturated rings. The summed E-state index contributed by atoms with van der Waals surface area (Å²) in [4.78, 5) is 21.5. The van der Waals surface area contributed by atoms with Crippen molar-refractivity contribution >= 4 is 11.6 Å². The fourth-order valence-electron chi connectivity index (χ4n) is 4.83. The molecule has 1 saturated heterocycles. The first kappa shape index (κ1) is 23.1. The number of aromatic nitrogens is 2. The molecule has 174 valence electrons. The number of hydrogen-bond acceptors (Lipinski definition) is 5. The van der Waals surface area contributed by atoms with Gasteiger partial charge in [-0.25, -0.2) is 4.39 Å². The van der Waals surface area contributed by atoms with E-state index in [0.717, 1.165) is 28.8 Å². The van der Waals surface area contributed by atoms with E-state index in [4.69, 9.17) is 4.52 Å². The van der Waals surface area contributed by atoms with Crippen molar-refractivity contribution in [2.45, 2.75) is 40.2 Å². The molecule has 0 radical (unpaired) electrons. The number of carbonyl (C=O) groups is 1. The quantitative estimate of drug-likeness (QED) is 0.541. The minimum atomic E-state index is -0.181. The Morgan fingerprint density at radius 2 is 1.88 bits per heavy atom. The molecule has 0 bridgehead atoms. The molecule has 3 aromatic rings. The van der Waals surface area contributed by atoms with E-state index in [1.807, 2.05) is 68.9 Å². The highest BCUT2D eigenvalue weighted by atomic mass is 19.1. The lowest BCUT2D eigenvalue weighted by Gasteiger charge is -2.38. The Balaban J connectivity index is 1.60. The van der Waals surface area contributed by atoms with E-state index in [0.29, 0.717) is 36.8 Å². The summed E-state index contributed by atoms with van der Waals surface area (Å²) in [7, 11) is 3.89. The topological polar surface area (TPSA) is 62.5 Å². The van der Waals surface area contributed by atoms with Crippen molar-refractivity contribution in [2.75, 3.05) is 25.5 Å². The Kier molecular flexibility index (Phi) is 6.61. The molecule has 7 heteroatoms. The largest absolute Gasteiger partial charge is 0.338 e. The summed E-state index contributed by atoms with van der Waals surface area (Å²) in [5.41, 5.74) is 4.46. The van der Waals surface area contributed by atoms with E-state index in [1.165, 1.54) is 6.07 Å². The van der Waals surface area contributed by atoms with Gasteiger partial charge in [-0.15, -0.1) is 0 Å². The number of piperidine rings is 1. The molecule has 33 heavy (non-hydrogen) atoms. The Morgan fingerprint density at radius 1 is 1.18 bits per heavy atom. The normalized spacial score (nSPS) is 18.9. The maximum Gasteiger partial charge on any atom is 0.241 e. The fourth-order valence-corrected chi connectivity index (χ4v) is 4.83. The number of nitrogens with zero attached hydrogens (tertiary/aromatic N) is 4. The van der Waals surface area contributed by atoms with Gasteiger partial charge in [-0.05, 0) is 81.6 Å². The van der Waals surface area contributed by atoms with Crippen molar-refractivity contribution in [1.82, 2.24) is 15.0 Å². The second kappa shape index (κ2) is 9.43. The molecule has 6 nitrogen and oxygen atoms in total. The number of carbonyl (C=O) groups excluding carboxylic acids is 1. The van der Waals surface area contributed by atoms with Gasteiger partial charge in [-0.1, -0.05) is 30.3 Å². The number of amides is 1.